The van der Waals surface area contributed by atoms with Crippen molar-refractivity contribution in [1.29, 1.82) is 0 Å². The molecule has 0 saturated carbocycles. The van der Waals surface area contributed by atoms with E-state index in [-0.39, 0.29) is 18.3 Å². The summed E-state index contributed by atoms with van der Waals surface area (Å²) >= 11 is 1.64. The number of ether oxygens (including phenoxy) is 1. The van der Waals surface area contributed by atoms with Crippen molar-refractivity contribution in [3.8, 4) is 5.75 Å². The third-order valence-electron chi connectivity index (χ3n) is 2.90. The molecule has 0 aliphatic carbocycles. The minimum Gasteiger partial charge on any atom is -0.482 e. The van der Waals surface area contributed by atoms with Crippen molar-refractivity contribution in [2.24, 2.45) is 0 Å². The van der Waals surface area contributed by atoms with Crippen molar-refractivity contribution in [3.05, 3.63) is 23.8 Å². The number of Topliss-reactive ketones (excluding diaryl/α,β-unsaturated/α-hetero) is 1. The van der Waals surface area contributed by atoms with Crippen molar-refractivity contribution in [2.45, 2.75) is 6.42 Å². The van der Waals surface area contributed by atoms with Gasteiger partial charge in [0.05, 0.1) is 5.69 Å². The molecule has 0 saturated heterocycles. The number of ketones is 1. The van der Waals surface area contributed by atoms with Crippen LogP contribution in [-0.2, 0) is 4.79 Å². The van der Waals surface area contributed by atoms with Gasteiger partial charge >= 0.3 is 0 Å². The predicted octanol–water partition coefficient (Wildman–Crippen LogP) is 1.98. The first-order chi connectivity index (χ1) is 8.63. The summed E-state index contributed by atoms with van der Waals surface area (Å²) < 4.78 is 5.32. The summed E-state index contributed by atoms with van der Waals surface area (Å²) in [6, 6.07) is 5.24. The van der Waals surface area contributed by atoms with Crippen molar-refractivity contribution in [1.82, 2.24) is 0 Å². The molecule has 1 amide bonds. The molecule has 1 heterocycles. The first kappa shape index (κ1) is 13.0. The van der Waals surface area contributed by atoms with Crippen molar-refractivity contribution in [2.75, 3.05) is 30.6 Å². The zero-order valence-corrected chi connectivity index (χ0v) is 11.3. The Balaban J connectivity index is 2.26. The molecule has 1 aliphatic rings. The summed E-state index contributed by atoms with van der Waals surface area (Å²) in [7, 11) is 1.69. The van der Waals surface area contributed by atoms with Crippen LogP contribution in [0.5, 0.6) is 5.75 Å². The molecule has 0 aromatic heterocycles. The van der Waals surface area contributed by atoms with E-state index in [9.17, 15) is 9.59 Å². The van der Waals surface area contributed by atoms with Gasteiger partial charge < -0.3 is 9.64 Å². The highest BCUT2D eigenvalue weighted by Crippen LogP contribution is 2.32. The number of anilines is 1. The normalized spacial score (nSPS) is 14.1. The van der Waals surface area contributed by atoms with Crippen LogP contribution in [-0.4, -0.2) is 37.4 Å². The second kappa shape index (κ2) is 5.44. The van der Waals surface area contributed by atoms with Gasteiger partial charge in [-0.2, -0.15) is 11.8 Å². The Morgan fingerprint density at radius 1 is 1.50 bits per heavy atom. The number of hydrogen-bond acceptors (Lipinski definition) is 4. The first-order valence-corrected chi connectivity index (χ1v) is 7.08. The van der Waals surface area contributed by atoms with E-state index in [2.05, 4.69) is 0 Å². The Bertz CT molecular complexity index is 487. The van der Waals surface area contributed by atoms with Crippen LogP contribution in [0.2, 0.25) is 0 Å². The molecule has 18 heavy (non-hydrogen) atoms. The Morgan fingerprint density at radius 3 is 3.00 bits per heavy atom. The smallest absolute Gasteiger partial charge is 0.264 e. The summed E-state index contributed by atoms with van der Waals surface area (Å²) in [4.78, 5) is 25.0. The number of hydrogen-bond donors (Lipinski definition) is 0. The minimum absolute atomic E-state index is 0.0588. The number of amides is 1. The number of likely N-dealkylation sites (N-methyl/N-ethyl adjacent to an activating group) is 1. The number of rotatable bonds is 4. The fourth-order valence-corrected chi connectivity index (χ4v) is 2.17. The van der Waals surface area contributed by atoms with Crippen LogP contribution in [0, 0.1) is 0 Å². The third-order valence-corrected chi connectivity index (χ3v) is 3.51. The zero-order valence-electron chi connectivity index (χ0n) is 10.4. The molecule has 2 rings (SSSR count). The monoisotopic (exact) mass is 265 g/mol. The number of nitrogens with zero attached hydrogens (tertiary/aromatic N) is 1. The maximum Gasteiger partial charge on any atom is 0.264 e. The van der Waals surface area contributed by atoms with Crippen LogP contribution in [0.25, 0.3) is 0 Å². The zero-order chi connectivity index (χ0) is 13.1. The molecular formula is C13H15NO3S. The molecule has 0 bridgehead atoms. The maximum atomic E-state index is 11.9. The second-order valence-corrected chi connectivity index (χ2v) is 5.08. The van der Waals surface area contributed by atoms with Crippen molar-refractivity contribution >= 4 is 29.1 Å². The summed E-state index contributed by atoms with van der Waals surface area (Å²) in [6.45, 7) is 0.0588. The minimum atomic E-state index is -0.101. The van der Waals surface area contributed by atoms with E-state index in [0.717, 1.165) is 5.75 Å². The van der Waals surface area contributed by atoms with Gasteiger partial charge in [0.1, 0.15) is 5.75 Å². The number of carbonyl (C=O) groups excluding carboxylic acids is 2. The van der Waals surface area contributed by atoms with Gasteiger partial charge in [-0.25, -0.2) is 0 Å². The molecule has 0 fully saturated rings. The molecule has 0 N–H and O–H groups in total. The van der Waals surface area contributed by atoms with E-state index >= 15 is 0 Å². The quantitative estimate of drug-likeness (QED) is 0.781. The molecule has 0 radical (unpaired) electrons. The van der Waals surface area contributed by atoms with Gasteiger partial charge in [0.2, 0.25) is 0 Å². The summed E-state index contributed by atoms with van der Waals surface area (Å²) in [5, 5.41) is 0. The first-order valence-electron chi connectivity index (χ1n) is 5.69. The fraction of sp³-hybridized carbons (Fsp3) is 0.385. The van der Waals surface area contributed by atoms with Crippen LogP contribution < -0.4 is 9.64 Å². The van der Waals surface area contributed by atoms with Gasteiger partial charge in [0.15, 0.2) is 12.4 Å². The molecule has 0 unspecified atom stereocenters. The average molecular weight is 265 g/mol. The molecular weight excluding hydrogens is 250 g/mol. The number of thioether (sulfide) groups is 1. The van der Waals surface area contributed by atoms with E-state index in [1.54, 1.807) is 37.0 Å². The lowest BCUT2D eigenvalue weighted by Crippen LogP contribution is -2.35. The lowest BCUT2D eigenvalue weighted by atomic mass is 10.1. The average Bonchev–Trinajstić information content (AvgIpc) is 2.40. The van der Waals surface area contributed by atoms with E-state index in [0.29, 0.717) is 23.4 Å². The summed E-state index contributed by atoms with van der Waals surface area (Å²) in [6.07, 6.45) is 2.49. The molecule has 1 aliphatic heterocycles. The molecule has 0 atom stereocenters. The Labute approximate surface area is 110 Å². The van der Waals surface area contributed by atoms with E-state index in [1.165, 1.54) is 4.90 Å². The molecule has 96 valence electrons. The highest BCUT2D eigenvalue weighted by molar-refractivity contribution is 7.98. The van der Waals surface area contributed by atoms with Gasteiger partial charge in [-0.15, -0.1) is 0 Å². The van der Waals surface area contributed by atoms with Crippen molar-refractivity contribution in [3.63, 3.8) is 0 Å². The highest BCUT2D eigenvalue weighted by atomic mass is 32.2. The topological polar surface area (TPSA) is 46.6 Å². The van der Waals surface area contributed by atoms with Gasteiger partial charge in [-0.1, -0.05) is 0 Å². The van der Waals surface area contributed by atoms with Crippen molar-refractivity contribution < 1.29 is 14.3 Å². The van der Waals surface area contributed by atoms with E-state index in [4.69, 9.17) is 4.74 Å². The largest absolute Gasteiger partial charge is 0.482 e. The third kappa shape index (κ3) is 2.51. The Morgan fingerprint density at radius 2 is 2.28 bits per heavy atom. The lowest BCUT2D eigenvalue weighted by Gasteiger charge is -2.26. The number of benzene rings is 1. The molecule has 5 heteroatoms. The van der Waals surface area contributed by atoms with Crippen LogP contribution in [0.1, 0.15) is 16.8 Å². The Kier molecular flexibility index (Phi) is 3.91. The molecule has 1 aromatic carbocycles. The number of carbonyl (C=O) groups is 2. The maximum absolute atomic E-state index is 11.9. The number of fused-ring (bicyclic) bond motifs is 1. The summed E-state index contributed by atoms with van der Waals surface area (Å²) in [5.41, 5.74) is 1.30. The molecule has 4 nitrogen and oxygen atoms in total. The van der Waals surface area contributed by atoms with Crippen LogP contribution in [0.15, 0.2) is 18.2 Å². The van der Waals surface area contributed by atoms with E-state index < -0.39 is 0 Å². The predicted molar refractivity (Wildman–Crippen MR) is 72.7 cm³/mol. The van der Waals surface area contributed by atoms with Crippen LogP contribution in [0.4, 0.5) is 5.69 Å². The van der Waals surface area contributed by atoms with Crippen LogP contribution >= 0.6 is 11.8 Å². The van der Waals surface area contributed by atoms with Gasteiger partial charge in [0, 0.05) is 24.8 Å². The Hall–Kier alpha value is -1.49. The second-order valence-electron chi connectivity index (χ2n) is 4.09. The van der Waals surface area contributed by atoms with Gasteiger partial charge in [-0.3, -0.25) is 9.59 Å². The van der Waals surface area contributed by atoms with Gasteiger partial charge in [0.25, 0.3) is 5.91 Å². The van der Waals surface area contributed by atoms with E-state index in [1.807, 2.05) is 6.26 Å². The molecule has 0 spiro atoms. The van der Waals surface area contributed by atoms with Gasteiger partial charge in [-0.05, 0) is 24.5 Å². The lowest BCUT2D eigenvalue weighted by molar-refractivity contribution is -0.120. The fourth-order valence-electron chi connectivity index (χ4n) is 1.78. The standard InChI is InChI=1S/C13H15NO3S/c1-14-10-7-9(11(15)5-6-18-2)3-4-12(10)17-8-13(14)16/h3-4,7H,5-6,8H2,1-2H3. The molecule has 1 aromatic rings. The SMILES string of the molecule is CSCCC(=O)c1ccc2c(c1)N(C)C(=O)CO2. The van der Waals surface area contributed by atoms with Crippen LogP contribution in [0.3, 0.4) is 0 Å². The highest BCUT2D eigenvalue weighted by Gasteiger charge is 2.23. The summed E-state index contributed by atoms with van der Waals surface area (Å²) in [5.74, 6) is 1.45.